The largest absolute Gasteiger partial charge is 0.0651 e. The third kappa shape index (κ3) is 1.85. The molecule has 2 rings (SSSR count). The number of hydrogen-bond donors (Lipinski definition) is 0. The summed E-state index contributed by atoms with van der Waals surface area (Å²) in [6, 6.07) is 0. The van der Waals surface area contributed by atoms with E-state index in [2.05, 4.69) is 20.8 Å². The van der Waals surface area contributed by atoms with Crippen molar-refractivity contribution in [1.82, 2.24) is 0 Å². The molecule has 0 amide bonds. The lowest BCUT2D eigenvalue weighted by Gasteiger charge is -2.47. The highest BCUT2D eigenvalue weighted by Gasteiger charge is 2.40. The molecule has 2 aliphatic rings. The van der Waals surface area contributed by atoms with Gasteiger partial charge in [0.25, 0.3) is 0 Å². The Labute approximate surface area is 89.5 Å². The molecule has 3 atom stereocenters. The Kier molecular flexibility index (Phi) is 3.19. The van der Waals surface area contributed by atoms with Crippen LogP contribution in [0.3, 0.4) is 0 Å². The van der Waals surface area contributed by atoms with Gasteiger partial charge in [-0.05, 0) is 42.4 Å². The average Bonchev–Trinajstić information content (AvgIpc) is 2.07. The zero-order valence-corrected chi connectivity index (χ0v) is 10.1. The molecule has 0 N–H and O–H groups in total. The van der Waals surface area contributed by atoms with E-state index in [-0.39, 0.29) is 0 Å². The molecule has 0 heteroatoms. The van der Waals surface area contributed by atoms with Crippen molar-refractivity contribution in [3.05, 3.63) is 5.92 Å². The van der Waals surface area contributed by atoms with Gasteiger partial charge in [-0.15, -0.1) is 0 Å². The maximum atomic E-state index is 2.45. The molecular weight excluding hydrogens is 168 g/mol. The second-order valence-corrected chi connectivity index (χ2v) is 5.75. The summed E-state index contributed by atoms with van der Waals surface area (Å²) in [7, 11) is 0. The predicted octanol–water partition coefficient (Wildman–Crippen LogP) is 4.45. The molecule has 0 aromatic carbocycles. The fourth-order valence-electron chi connectivity index (χ4n) is 3.64. The molecule has 14 heavy (non-hydrogen) atoms. The fourth-order valence-corrected chi connectivity index (χ4v) is 3.64. The molecule has 2 aliphatic carbocycles. The highest BCUT2D eigenvalue weighted by Crippen LogP contribution is 2.50. The van der Waals surface area contributed by atoms with Crippen LogP contribution >= 0.6 is 0 Å². The summed E-state index contributed by atoms with van der Waals surface area (Å²) in [4.78, 5) is 0. The summed E-state index contributed by atoms with van der Waals surface area (Å²) >= 11 is 0. The number of rotatable bonds is 4. The van der Waals surface area contributed by atoms with Gasteiger partial charge in [-0.3, -0.25) is 0 Å². The van der Waals surface area contributed by atoms with Gasteiger partial charge in [-0.2, -0.15) is 0 Å². The van der Waals surface area contributed by atoms with Gasteiger partial charge in [-0.1, -0.05) is 46.5 Å². The topological polar surface area (TPSA) is 0 Å². The zero-order valence-electron chi connectivity index (χ0n) is 10.1. The second kappa shape index (κ2) is 4.24. The maximum absolute atomic E-state index is 2.45. The molecule has 0 aromatic heterocycles. The van der Waals surface area contributed by atoms with Crippen LogP contribution < -0.4 is 0 Å². The van der Waals surface area contributed by atoms with Crippen molar-refractivity contribution < 1.29 is 0 Å². The fraction of sp³-hybridized carbons (Fsp3) is 0.929. The van der Waals surface area contributed by atoms with Crippen LogP contribution in [0.2, 0.25) is 0 Å². The van der Waals surface area contributed by atoms with Gasteiger partial charge in [0.15, 0.2) is 0 Å². The van der Waals surface area contributed by atoms with E-state index in [4.69, 9.17) is 0 Å². The molecule has 0 spiro atoms. The Morgan fingerprint density at radius 1 is 1.29 bits per heavy atom. The Morgan fingerprint density at radius 2 is 2.00 bits per heavy atom. The average molecular weight is 193 g/mol. The van der Waals surface area contributed by atoms with Crippen LogP contribution in [-0.4, -0.2) is 0 Å². The summed E-state index contributed by atoms with van der Waals surface area (Å²) in [6.45, 7) is 7.24. The van der Waals surface area contributed by atoms with E-state index in [0.29, 0.717) is 0 Å². The van der Waals surface area contributed by atoms with E-state index >= 15 is 0 Å². The predicted molar refractivity (Wildman–Crippen MR) is 61.9 cm³/mol. The van der Waals surface area contributed by atoms with Crippen molar-refractivity contribution in [2.24, 2.45) is 23.7 Å². The van der Waals surface area contributed by atoms with Crippen LogP contribution in [-0.2, 0) is 0 Å². The molecule has 0 heterocycles. The molecule has 0 aliphatic heterocycles. The lowest BCUT2D eigenvalue weighted by molar-refractivity contribution is 0.0834. The first kappa shape index (κ1) is 10.5. The Bertz CT molecular complexity index is 180. The molecule has 0 saturated heterocycles. The highest BCUT2D eigenvalue weighted by molar-refractivity contribution is 5.05. The van der Waals surface area contributed by atoms with Crippen LogP contribution in [0.15, 0.2) is 0 Å². The minimum absolute atomic E-state index is 0.986. The van der Waals surface area contributed by atoms with Crippen molar-refractivity contribution >= 4 is 0 Å². The van der Waals surface area contributed by atoms with E-state index in [1.807, 2.05) is 5.92 Å². The van der Waals surface area contributed by atoms with Crippen LogP contribution in [0.1, 0.15) is 59.3 Å². The van der Waals surface area contributed by atoms with E-state index < -0.39 is 0 Å². The second-order valence-electron chi connectivity index (χ2n) is 5.75. The third-order valence-electron chi connectivity index (χ3n) is 4.72. The Balaban J connectivity index is 1.79. The summed E-state index contributed by atoms with van der Waals surface area (Å²) < 4.78 is 0. The molecule has 0 bridgehead atoms. The molecule has 2 fully saturated rings. The van der Waals surface area contributed by atoms with Gasteiger partial charge >= 0.3 is 0 Å². The number of hydrogen-bond acceptors (Lipinski definition) is 0. The van der Waals surface area contributed by atoms with E-state index in [9.17, 15) is 0 Å². The van der Waals surface area contributed by atoms with Crippen LogP contribution in [0.25, 0.3) is 0 Å². The van der Waals surface area contributed by atoms with Crippen molar-refractivity contribution in [2.75, 3.05) is 0 Å². The van der Waals surface area contributed by atoms with E-state index in [0.717, 1.165) is 23.7 Å². The quantitative estimate of drug-likeness (QED) is 0.618. The summed E-state index contributed by atoms with van der Waals surface area (Å²) in [5, 5.41) is 0. The maximum Gasteiger partial charge on any atom is -0.0233 e. The highest BCUT2D eigenvalue weighted by atomic mass is 14.5. The standard InChI is InChI=1S/C14H25/c1-4-13-9-11(3)14(13)10(2)8-12-6-5-7-12/h11-14H,4-9H2,1-3H3. The minimum Gasteiger partial charge on any atom is -0.0651 e. The van der Waals surface area contributed by atoms with Gasteiger partial charge in [0.05, 0.1) is 0 Å². The Hall–Kier alpha value is 0. The minimum atomic E-state index is 0.986. The molecule has 1 radical (unpaired) electrons. The van der Waals surface area contributed by atoms with Crippen molar-refractivity contribution in [3.63, 3.8) is 0 Å². The van der Waals surface area contributed by atoms with Gasteiger partial charge in [0.2, 0.25) is 0 Å². The summed E-state index contributed by atoms with van der Waals surface area (Å²) in [5.41, 5.74) is 0. The molecule has 0 nitrogen and oxygen atoms in total. The zero-order chi connectivity index (χ0) is 10.1. The van der Waals surface area contributed by atoms with Crippen LogP contribution in [0.5, 0.6) is 0 Å². The first-order valence-electron chi connectivity index (χ1n) is 6.54. The van der Waals surface area contributed by atoms with E-state index in [1.54, 1.807) is 0 Å². The smallest absolute Gasteiger partial charge is 0.0233 e. The lowest BCUT2D eigenvalue weighted by Crippen LogP contribution is -2.39. The lowest BCUT2D eigenvalue weighted by atomic mass is 9.58. The molecular formula is C14H25. The normalized spacial score (nSPS) is 38.1. The van der Waals surface area contributed by atoms with Gasteiger partial charge in [0, 0.05) is 0 Å². The van der Waals surface area contributed by atoms with Crippen molar-refractivity contribution in [3.8, 4) is 0 Å². The first-order valence-corrected chi connectivity index (χ1v) is 6.54. The molecule has 0 aromatic rings. The first-order chi connectivity index (χ1) is 6.72. The Morgan fingerprint density at radius 3 is 2.43 bits per heavy atom. The van der Waals surface area contributed by atoms with E-state index in [1.165, 1.54) is 38.5 Å². The van der Waals surface area contributed by atoms with Crippen molar-refractivity contribution in [2.45, 2.75) is 59.3 Å². The van der Waals surface area contributed by atoms with Gasteiger partial charge in [-0.25, -0.2) is 0 Å². The molecule has 2 saturated carbocycles. The van der Waals surface area contributed by atoms with Gasteiger partial charge in [0.1, 0.15) is 0 Å². The summed E-state index contributed by atoms with van der Waals surface area (Å²) in [5.74, 6) is 5.91. The summed E-state index contributed by atoms with van der Waals surface area (Å²) in [6.07, 6.45) is 8.85. The molecule has 3 unspecified atom stereocenters. The van der Waals surface area contributed by atoms with Crippen LogP contribution in [0.4, 0.5) is 0 Å². The van der Waals surface area contributed by atoms with Crippen LogP contribution in [0, 0.1) is 29.6 Å². The van der Waals surface area contributed by atoms with Crippen molar-refractivity contribution in [1.29, 1.82) is 0 Å². The monoisotopic (exact) mass is 193 g/mol. The third-order valence-corrected chi connectivity index (χ3v) is 4.72. The SMILES string of the molecule is CCC1CC(C)C1[C](C)CC1CCC1. The van der Waals surface area contributed by atoms with Gasteiger partial charge < -0.3 is 0 Å². The molecule has 81 valence electrons.